The zero-order valence-electron chi connectivity index (χ0n) is 11.2. The highest BCUT2D eigenvalue weighted by Gasteiger charge is 2.32. The maximum atomic E-state index is 10.9. The lowest BCUT2D eigenvalue weighted by Gasteiger charge is -2.15. The first-order chi connectivity index (χ1) is 9.13. The Kier molecular flexibility index (Phi) is 4.52. The van der Waals surface area contributed by atoms with Crippen molar-refractivity contribution in [1.29, 1.82) is 0 Å². The number of aromatic carboxylic acids is 1. The standard InChI is InChI=1S/C14H19NO4/c1-18-12-8-15(9-13(12)19-2)7-10-4-3-5-11(6-10)14(16)17/h3-6,12-13H,7-9H2,1-2H3,(H,16,17). The summed E-state index contributed by atoms with van der Waals surface area (Å²) in [6.45, 7) is 2.31. The third-order valence-corrected chi connectivity index (χ3v) is 3.48. The molecule has 5 heteroatoms. The Morgan fingerprint density at radius 3 is 2.47 bits per heavy atom. The summed E-state index contributed by atoms with van der Waals surface area (Å²) in [5.41, 5.74) is 1.31. The van der Waals surface area contributed by atoms with Gasteiger partial charge in [-0.25, -0.2) is 4.79 Å². The first kappa shape index (κ1) is 14.0. The fourth-order valence-corrected chi connectivity index (χ4v) is 2.46. The van der Waals surface area contributed by atoms with E-state index in [-0.39, 0.29) is 12.2 Å². The molecule has 19 heavy (non-hydrogen) atoms. The van der Waals surface area contributed by atoms with Gasteiger partial charge >= 0.3 is 5.97 Å². The average molecular weight is 265 g/mol. The van der Waals surface area contributed by atoms with Gasteiger partial charge in [0.25, 0.3) is 0 Å². The molecule has 0 radical (unpaired) electrons. The van der Waals surface area contributed by atoms with E-state index in [1.807, 2.05) is 6.07 Å². The Bertz CT molecular complexity index is 437. The number of hydrogen-bond donors (Lipinski definition) is 1. The van der Waals surface area contributed by atoms with Crippen molar-refractivity contribution in [2.24, 2.45) is 0 Å². The molecule has 0 bridgehead atoms. The third kappa shape index (κ3) is 3.32. The zero-order chi connectivity index (χ0) is 13.8. The van der Waals surface area contributed by atoms with Crippen LogP contribution in [0.1, 0.15) is 15.9 Å². The summed E-state index contributed by atoms with van der Waals surface area (Å²) >= 11 is 0. The van der Waals surface area contributed by atoms with Crippen LogP contribution in [0.3, 0.4) is 0 Å². The molecule has 2 atom stereocenters. The van der Waals surface area contributed by atoms with Crippen molar-refractivity contribution in [2.45, 2.75) is 18.8 Å². The molecule has 0 aromatic heterocycles. The van der Waals surface area contributed by atoms with Gasteiger partial charge in [-0.2, -0.15) is 0 Å². The summed E-state index contributed by atoms with van der Waals surface area (Å²) < 4.78 is 10.8. The second kappa shape index (κ2) is 6.14. The van der Waals surface area contributed by atoms with Crippen LogP contribution in [0.2, 0.25) is 0 Å². The van der Waals surface area contributed by atoms with E-state index in [1.54, 1.807) is 32.4 Å². The number of likely N-dealkylation sites (tertiary alicyclic amines) is 1. The molecule has 1 heterocycles. The zero-order valence-corrected chi connectivity index (χ0v) is 11.2. The van der Waals surface area contributed by atoms with Gasteiger partial charge in [-0.3, -0.25) is 4.90 Å². The molecule has 1 aliphatic rings. The van der Waals surface area contributed by atoms with Crippen molar-refractivity contribution in [3.05, 3.63) is 35.4 Å². The number of hydrogen-bond acceptors (Lipinski definition) is 4. The normalized spacial score (nSPS) is 23.7. The van der Waals surface area contributed by atoms with E-state index < -0.39 is 5.97 Å². The predicted molar refractivity (Wildman–Crippen MR) is 70.3 cm³/mol. The van der Waals surface area contributed by atoms with E-state index in [9.17, 15) is 4.79 Å². The fraction of sp³-hybridized carbons (Fsp3) is 0.500. The molecule has 1 fully saturated rings. The van der Waals surface area contributed by atoms with E-state index >= 15 is 0 Å². The first-order valence-corrected chi connectivity index (χ1v) is 6.24. The van der Waals surface area contributed by atoms with Crippen molar-refractivity contribution in [3.63, 3.8) is 0 Å². The van der Waals surface area contributed by atoms with Crippen LogP contribution in [0.25, 0.3) is 0 Å². The highest BCUT2D eigenvalue weighted by molar-refractivity contribution is 5.87. The molecular formula is C14H19NO4. The SMILES string of the molecule is COC1CN(Cc2cccc(C(=O)O)c2)CC1OC. The largest absolute Gasteiger partial charge is 0.478 e. The van der Waals surface area contributed by atoms with E-state index in [0.717, 1.165) is 18.7 Å². The predicted octanol–water partition coefficient (Wildman–Crippen LogP) is 1.23. The molecule has 2 unspecified atom stereocenters. The number of nitrogens with zero attached hydrogens (tertiary/aromatic N) is 1. The van der Waals surface area contributed by atoms with Crippen LogP contribution in [-0.2, 0) is 16.0 Å². The van der Waals surface area contributed by atoms with Crippen LogP contribution >= 0.6 is 0 Å². The first-order valence-electron chi connectivity index (χ1n) is 6.24. The minimum atomic E-state index is -0.896. The van der Waals surface area contributed by atoms with Crippen molar-refractivity contribution in [2.75, 3.05) is 27.3 Å². The Hall–Kier alpha value is -1.43. The van der Waals surface area contributed by atoms with E-state index in [0.29, 0.717) is 12.1 Å². The van der Waals surface area contributed by atoms with Gasteiger partial charge in [-0.05, 0) is 17.7 Å². The van der Waals surface area contributed by atoms with Crippen molar-refractivity contribution in [3.8, 4) is 0 Å². The van der Waals surface area contributed by atoms with Gasteiger partial charge in [0.2, 0.25) is 0 Å². The number of carbonyl (C=O) groups is 1. The minimum Gasteiger partial charge on any atom is -0.478 e. The average Bonchev–Trinajstić information content (AvgIpc) is 2.81. The minimum absolute atomic E-state index is 0.0765. The number of benzene rings is 1. The van der Waals surface area contributed by atoms with Gasteiger partial charge in [0.1, 0.15) is 0 Å². The quantitative estimate of drug-likeness (QED) is 0.867. The van der Waals surface area contributed by atoms with Crippen LogP contribution in [0.4, 0.5) is 0 Å². The number of rotatable bonds is 5. The lowest BCUT2D eigenvalue weighted by molar-refractivity contribution is -0.00461. The lowest BCUT2D eigenvalue weighted by Crippen LogP contribution is -2.27. The van der Waals surface area contributed by atoms with Gasteiger partial charge in [-0.1, -0.05) is 12.1 Å². The van der Waals surface area contributed by atoms with Crippen LogP contribution < -0.4 is 0 Å². The Morgan fingerprint density at radius 1 is 1.32 bits per heavy atom. The summed E-state index contributed by atoms with van der Waals surface area (Å²) in [4.78, 5) is 13.1. The van der Waals surface area contributed by atoms with Gasteiger partial charge < -0.3 is 14.6 Å². The molecule has 1 aromatic carbocycles. The highest BCUT2D eigenvalue weighted by Crippen LogP contribution is 2.18. The lowest BCUT2D eigenvalue weighted by atomic mass is 10.1. The summed E-state index contributed by atoms with van der Waals surface area (Å²) in [5, 5.41) is 8.98. The van der Waals surface area contributed by atoms with Crippen LogP contribution in [0, 0.1) is 0 Å². The molecule has 1 saturated heterocycles. The van der Waals surface area contributed by atoms with Crippen molar-refractivity contribution >= 4 is 5.97 Å². The fourth-order valence-electron chi connectivity index (χ4n) is 2.46. The molecule has 5 nitrogen and oxygen atoms in total. The third-order valence-electron chi connectivity index (χ3n) is 3.48. The molecule has 1 N–H and O–H groups in total. The highest BCUT2D eigenvalue weighted by atomic mass is 16.5. The number of methoxy groups -OCH3 is 2. The Balaban J connectivity index is 2.02. The summed E-state index contributed by atoms with van der Waals surface area (Å²) in [5.74, 6) is -0.896. The van der Waals surface area contributed by atoms with Gasteiger partial charge in [0, 0.05) is 33.9 Å². The topological polar surface area (TPSA) is 59.0 Å². The maximum absolute atomic E-state index is 10.9. The number of ether oxygens (including phenoxy) is 2. The molecule has 0 saturated carbocycles. The molecule has 0 amide bonds. The molecular weight excluding hydrogens is 246 g/mol. The van der Waals surface area contributed by atoms with E-state index in [2.05, 4.69) is 4.90 Å². The molecule has 0 aliphatic carbocycles. The molecule has 1 aromatic rings. The maximum Gasteiger partial charge on any atom is 0.335 e. The molecule has 2 rings (SSSR count). The van der Waals surface area contributed by atoms with Crippen LogP contribution in [0.15, 0.2) is 24.3 Å². The van der Waals surface area contributed by atoms with Crippen molar-refractivity contribution in [1.82, 2.24) is 4.90 Å². The molecule has 1 aliphatic heterocycles. The second-order valence-corrected chi connectivity index (χ2v) is 4.75. The van der Waals surface area contributed by atoms with E-state index in [1.165, 1.54) is 0 Å². The molecule has 0 spiro atoms. The smallest absolute Gasteiger partial charge is 0.335 e. The Labute approximate surface area is 112 Å². The summed E-state index contributed by atoms with van der Waals surface area (Å²) in [6.07, 6.45) is 0.153. The molecule has 104 valence electrons. The van der Waals surface area contributed by atoms with Crippen LogP contribution in [-0.4, -0.2) is 55.5 Å². The van der Waals surface area contributed by atoms with Crippen LogP contribution in [0.5, 0.6) is 0 Å². The van der Waals surface area contributed by atoms with Gasteiger partial charge in [0.15, 0.2) is 0 Å². The summed E-state index contributed by atoms with van der Waals surface area (Å²) in [7, 11) is 3.37. The monoisotopic (exact) mass is 265 g/mol. The van der Waals surface area contributed by atoms with Gasteiger partial charge in [-0.15, -0.1) is 0 Å². The second-order valence-electron chi connectivity index (χ2n) is 4.75. The van der Waals surface area contributed by atoms with E-state index in [4.69, 9.17) is 14.6 Å². The number of carboxylic acids is 1. The summed E-state index contributed by atoms with van der Waals surface area (Å²) in [6, 6.07) is 7.03. The van der Waals surface area contributed by atoms with Gasteiger partial charge in [0.05, 0.1) is 17.8 Å². The van der Waals surface area contributed by atoms with Crippen molar-refractivity contribution < 1.29 is 19.4 Å². The number of carboxylic acid groups (broad SMARTS) is 1. The Morgan fingerprint density at radius 2 is 1.95 bits per heavy atom.